The summed E-state index contributed by atoms with van der Waals surface area (Å²) in [6.45, 7) is 6.36. The molecule has 182 valence electrons. The van der Waals surface area contributed by atoms with Gasteiger partial charge in [0.1, 0.15) is 6.04 Å². The topological polar surface area (TPSA) is 83.1 Å². The van der Waals surface area contributed by atoms with Crippen molar-refractivity contribution in [1.29, 1.82) is 0 Å². The van der Waals surface area contributed by atoms with Crippen LogP contribution in [0.5, 0.6) is 11.5 Å². The fourth-order valence-corrected chi connectivity index (χ4v) is 4.81. The van der Waals surface area contributed by atoms with Crippen LogP contribution in [-0.2, 0) is 16.0 Å². The number of hydrogen-bond acceptors (Lipinski definition) is 6. The number of nitrogens with zero attached hydrogens (tertiary/aromatic N) is 2. The Kier molecular flexibility index (Phi) is 7.38. The number of methoxy groups -OCH3 is 2. The smallest absolute Gasteiger partial charge is 0.241 e. The summed E-state index contributed by atoms with van der Waals surface area (Å²) in [5, 5.41) is 0. The first-order valence-corrected chi connectivity index (χ1v) is 11.7. The van der Waals surface area contributed by atoms with Gasteiger partial charge in [0.25, 0.3) is 0 Å². The molecule has 2 N–H and O–H groups in total. The fourth-order valence-electron chi connectivity index (χ4n) is 4.81. The van der Waals surface area contributed by atoms with Crippen molar-refractivity contribution in [3.63, 3.8) is 0 Å². The molecule has 0 spiro atoms. The molecule has 0 aliphatic carbocycles. The molecule has 8 heteroatoms. The molecular formula is C26H34N4O4. The fraction of sp³-hybridized carbons (Fsp3) is 0.462. The third-order valence-electron chi connectivity index (χ3n) is 6.75. The van der Waals surface area contributed by atoms with Crippen LogP contribution in [0.25, 0.3) is 0 Å². The molecule has 2 aromatic rings. The van der Waals surface area contributed by atoms with E-state index >= 15 is 0 Å². The number of ether oxygens (including phenoxy) is 2. The minimum atomic E-state index is -0.264. The van der Waals surface area contributed by atoms with Crippen LogP contribution in [0.15, 0.2) is 36.4 Å². The maximum atomic E-state index is 13.1. The zero-order valence-electron chi connectivity index (χ0n) is 20.4. The number of benzene rings is 2. The molecule has 2 saturated heterocycles. The summed E-state index contributed by atoms with van der Waals surface area (Å²) >= 11 is 0. The first-order chi connectivity index (χ1) is 16.4. The number of carbonyl (C=O) groups is 2. The van der Waals surface area contributed by atoms with Crippen molar-refractivity contribution in [3.05, 3.63) is 58.7 Å². The first-order valence-electron chi connectivity index (χ1n) is 11.7. The number of piperazine rings is 1. The Morgan fingerprint density at radius 1 is 0.912 bits per heavy atom. The van der Waals surface area contributed by atoms with Crippen LogP contribution in [0, 0.1) is 13.8 Å². The van der Waals surface area contributed by atoms with Gasteiger partial charge >= 0.3 is 0 Å². The van der Waals surface area contributed by atoms with Gasteiger partial charge < -0.3 is 19.3 Å². The predicted octanol–water partition coefficient (Wildman–Crippen LogP) is 2.14. The molecule has 0 bridgehead atoms. The first kappa shape index (κ1) is 24.0. The SMILES string of the molecule is COc1ccc(CC(=O)N2CCN(C(=O)C3CC(c4ccc(C)cc4C)NN3)CC2)cc1OC. The van der Waals surface area contributed by atoms with Crippen LogP contribution in [0.1, 0.15) is 34.7 Å². The summed E-state index contributed by atoms with van der Waals surface area (Å²) in [5.41, 5.74) is 11.0. The molecule has 2 fully saturated rings. The van der Waals surface area contributed by atoms with E-state index in [9.17, 15) is 9.59 Å². The number of nitrogens with one attached hydrogen (secondary N) is 2. The number of aryl methyl sites for hydroxylation is 2. The van der Waals surface area contributed by atoms with Crippen LogP contribution in [0.2, 0.25) is 0 Å². The Morgan fingerprint density at radius 2 is 1.62 bits per heavy atom. The lowest BCUT2D eigenvalue weighted by molar-refractivity contribution is -0.140. The van der Waals surface area contributed by atoms with Crippen LogP contribution in [0.4, 0.5) is 0 Å². The Balaban J connectivity index is 1.29. The van der Waals surface area contributed by atoms with Gasteiger partial charge in [-0.25, -0.2) is 10.9 Å². The van der Waals surface area contributed by atoms with Gasteiger partial charge in [-0.05, 0) is 49.1 Å². The number of carbonyl (C=O) groups excluding carboxylic acids is 2. The number of hydrogen-bond donors (Lipinski definition) is 2. The van der Waals surface area contributed by atoms with Crippen molar-refractivity contribution in [2.45, 2.75) is 38.8 Å². The molecule has 2 atom stereocenters. The normalized spacial score (nSPS) is 20.4. The highest BCUT2D eigenvalue weighted by Gasteiger charge is 2.35. The van der Waals surface area contributed by atoms with Gasteiger partial charge in [0, 0.05) is 32.2 Å². The zero-order chi connectivity index (χ0) is 24.2. The summed E-state index contributed by atoms with van der Waals surface area (Å²) in [5.74, 6) is 1.39. The maximum Gasteiger partial charge on any atom is 0.241 e. The summed E-state index contributed by atoms with van der Waals surface area (Å²) in [6.07, 6.45) is 1.00. The van der Waals surface area contributed by atoms with Gasteiger partial charge in [0.2, 0.25) is 11.8 Å². The molecule has 4 rings (SSSR count). The minimum Gasteiger partial charge on any atom is -0.493 e. The molecule has 2 aliphatic heterocycles. The molecule has 2 unspecified atom stereocenters. The third-order valence-corrected chi connectivity index (χ3v) is 6.75. The standard InChI is InChI=1S/C26H34N4O4/c1-17-5-7-20(18(2)13-17)21-16-22(28-27-21)26(32)30-11-9-29(10-12-30)25(31)15-19-6-8-23(33-3)24(14-19)34-4/h5-8,13-14,21-22,27-28H,9-12,15-16H2,1-4H3. The van der Waals surface area contributed by atoms with Crippen molar-refractivity contribution >= 4 is 11.8 Å². The maximum absolute atomic E-state index is 13.1. The van der Waals surface area contributed by atoms with Crippen LogP contribution >= 0.6 is 0 Å². The highest BCUT2D eigenvalue weighted by Crippen LogP contribution is 2.28. The summed E-state index contributed by atoms with van der Waals surface area (Å²) < 4.78 is 10.6. The van der Waals surface area contributed by atoms with Gasteiger partial charge in [0.05, 0.1) is 20.6 Å². The van der Waals surface area contributed by atoms with E-state index in [1.54, 1.807) is 14.2 Å². The number of rotatable bonds is 6. The monoisotopic (exact) mass is 466 g/mol. The van der Waals surface area contributed by atoms with Crippen molar-refractivity contribution in [2.24, 2.45) is 0 Å². The van der Waals surface area contributed by atoms with E-state index in [4.69, 9.17) is 9.47 Å². The van der Waals surface area contributed by atoms with Gasteiger partial charge in [-0.15, -0.1) is 0 Å². The van der Waals surface area contributed by atoms with E-state index in [-0.39, 0.29) is 23.9 Å². The van der Waals surface area contributed by atoms with Crippen LogP contribution in [-0.4, -0.2) is 68.1 Å². The average Bonchev–Trinajstić information content (AvgIpc) is 3.33. The molecule has 2 amide bonds. The van der Waals surface area contributed by atoms with Crippen LogP contribution < -0.4 is 20.3 Å². The molecule has 8 nitrogen and oxygen atoms in total. The molecule has 0 radical (unpaired) electrons. The predicted molar refractivity (Wildman–Crippen MR) is 130 cm³/mol. The zero-order valence-corrected chi connectivity index (χ0v) is 20.4. The molecule has 34 heavy (non-hydrogen) atoms. The van der Waals surface area contributed by atoms with Gasteiger partial charge in [-0.1, -0.05) is 29.8 Å². The molecule has 0 saturated carbocycles. The number of amides is 2. The van der Waals surface area contributed by atoms with E-state index in [1.165, 1.54) is 16.7 Å². The van der Waals surface area contributed by atoms with Gasteiger partial charge in [-0.3, -0.25) is 9.59 Å². The Morgan fingerprint density at radius 3 is 2.29 bits per heavy atom. The van der Waals surface area contributed by atoms with Crippen LogP contribution in [0.3, 0.4) is 0 Å². The second-order valence-electron chi connectivity index (χ2n) is 9.06. The van der Waals surface area contributed by atoms with E-state index in [2.05, 4.69) is 42.9 Å². The molecule has 2 aliphatic rings. The second-order valence-corrected chi connectivity index (χ2v) is 9.06. The largest absolute Gasteiger partial charge is 0.493 e. The van der Waals surface area contributed by atoms with Crippen molar-refractivity contribution in [3.8, 4) is 11.5 Å². The van der Waals surface area contributed by atoms with Crippen molar-refractivity contribution in [2.75, 3.05) is 40.4 Å². The van der Waals surface area contributed by atoms with Crippen molar-refractivity contribution < 1.29 is 19.1 Å². The van der Waals surface area contributed by atoms with Gasteiger partial charge in [0.15, 0.2) is 11.5 Å². The molecule has 2 aromatic carbocycles. The molecule has 0 aromatic heterocycles. The number of hydrazine groups is 1. The lowest BCUT2D eigenvalue weighted by Gasteiger charge is -2.36. The minimum absolute atomic E-state index is 0.0508. The van der Waals surface area contributed by atoms with E-state index < -0.39 is 0 Å². The molecular weight excluding hydrogens is 432 g/mol. The third kappa shape index (κ3) is 5.18. The quantitative estimate of drug-likeness (QED) is 0.679. The highest BCUT2D eigenvalue weighted by atomic mass is 16.5. The summed E-state index contributed by atoms with van der Waals surface area (Å²) in [6, 6.07) is 11.8. The van der Waals surface area contributed by atoms with Gasteiger partial charge in [-0.2, -0.15) is 0 Å². The Labute approximate surface area is 201 Å². The molecule has 2 heterocycles. The van der Waals surface area contributed by atoms with E-state index in [1.807, 2.05) is 28.0 Å². The van der Waals surface area contributed by atoms with E-state index in [0.29, 0.717) is 50.5 Å². The lowest BCUT2D eigenvalue weighted by atomic mass is 9.96. The highest BCUT2D eigenvalue weighted by molar-refractivity contribution is 5.83. The van der Waals surface area contributed by atoms with E-state index in [0.717, 1.165) is 5.56 Å². The lowest BCUT2D eigenvalue weighted by Crippen LogP contribution is -2.54. The Hall–Kier alpha value is -3.10. The average molecular weight is 467 g/mol. The Bertz CT molecular complexity index is 1050. The van der Waals surface area contributed by atoms with Crippen molar-refractivity contribution in [1.82, 2.24) is 20.7 Å². The summed E-state index contributed by atoms with van der Waals surface area (Å²) in [4.78, 5) is 29.6. The summed E-state index contributed by atoms with van der Waals surface area (Å²) in [7, 11) is 3.17. The second kappa shape index (κ2) is 10.4.